The van der Waals surface area contributed by atoms with Crippen molar-refractivity contribution in [2.24, 2.45) is 5.73 Å². The van der Waals surface area contributed by atoms with Gasteiger partial charge in [-0.3, -0.25) is 4.79 Å². The average Bonchev–Trinajstić information content (AvgIpc) is 2.35. The molecule has 1 heterocycles. The van der Waals surface area contributed by atoms with Crippen molar-refractivity contribution < 1.29 is 4.74 Å². The van der Waals surface area contributed by atoms with Crippen molar-refractivity contribution >= 4 is 0 Å². The summed E-state index contributed by atoms with van der Waals surface area (Å²) in [5.41, 5.74) is 6.15. The van der Waals surface area contributed by atoms with Gasteiger partial charge in [0.25, 0.3) is 5.56 Å². The van der Waals surface area contributed by atoms with Gasteiger partial charge in [-0.25, -0.2) is 0 Å². The van der Waals surface area contributed by atoms with Crippen LogP contribution in [0.3, 0.4) is 0 Å². The van der Waals surface area contributed by atoms with E-state index in [2.05, 4.69) is 0 Å². The Labute approximate surface area is 107 Å². The minimum absolute atomic E-state index is 0.165. The molecule has 0 spiro atoms. The fourth-order valence-electron chi connectivity index (χ4n) is 1.75. The van der Waals surface area contributed by atoms with E-state index in [9.17, 15) is 4.79 Å². The molecule has 0 amide bonds. The number of pyridine rings is 1. The second-order valence-corrected chi connectivity index (χ2v) is 4.30. The van der Waals surface area contributed by atoms with E-state index in [4.69, 9.17) is 15.7 Å². The van der Waals surface area contributed by atoms with Crippen molar-refractivity contribution in [2.45, 2.75) is 26.3 Å². The van der Waals surface area contributed by atoms with Crippen molar-refractivity contribution in [1.29, 1.82) is 5.26 Å². The number of aromatic nitrogens is 1. The number of rotatable bonds is 6. The van der Waals surface area contributed by atoms with Crippen LogP contribution in [0.5, 0.6) is 0 Å². The SMILES string of the molecule is CC(C)c1ccc(C#N)c(=O)n1CCOCCN. The lowest BCUT2D eigenvalue weighted by Crippen LogP contribution is -2.28. The van der Waals surface area contributed by atoms with Crippen molar-refractivity contribution in [3.05, 3.63) is 33.7 Å². The Bertz CT molecular complexity index is 486. The van der Waals surface area contributed by atoms with Gasteiger partial charge in [-0.1, -0.05) is 13.8 Å². The molecule has 98 valence electrons. The summed E-state index contributed by atoms with van der Waals surface area (Å²) in [6.07, 6.45) is 0. The molecule has 0 atom stereocenters. The molecule has 5 heteroatoms. The van der Waals surface area contributed by atoms with Gasteiger partial charge in [-0.05, 0) is 18.1 Å². The van der Waals surface area contributed by atoms with Gasteiger partial charge in [0.15, 0.2) is 0 Å². The summed E-state index contributed by atoms with van der Waals surface area (Å²) in [7, 11) is 0. The van der Waals surface area contributed by atoms with Gasteiger partial charge in [-0.2, -0.15) is 5.26 Å². The number of nitrogens with two attached hydrogens (primary N) is 1. The number of nitrogens with zero attached hydrogens (tertiary/aromatic N) is 2. The van der Waals surface area contributed by atoms with Crippen LogP contribution in [0.25, 0.3) is 0 Å². The quantitative estimate of drug-likeness (QED) is 0.757. The van der Waals surface area contributed by atoms with Crippen molar-refractivity contribution in [1.82, 2.24) is 4.57 Å². The van der Waals surface area contributed by atoms with E-state index in [1.165, 1.54) is 0 Å². The smallest absolute Gasteiger partial charge is 0.268 e. The first kappa shape index (κ1) is 14.4. The molecule has 0 aliphatic rings. The van der Waals surface area contributed by atoms with Crippen LogP contribution in [0.4, 0.5) is 0 Å². The predicted octanol–water partition coefficient (Wildman–Crippen LogP) is 0.819. The van der Waals surface area contributed by atoms with E-state index in [-0.39, 0.29) is 17.0 Å². The Balaban J connectivity index is 2.98. The maximum absolute atomic E-state index is 12.0. The highest BCUT2D eigenvalue weighted by Crippen LogP contribution is 2.12. The van der Waals surface area contributed by atoms with E-state index < -0.39 is 0 Å². The molecule has 1 rings (SSSR count). The summed E-state index contributed by atoms with van der Waals surface area (Å²) in [6, 6.07) is 5.31. The van der Waals surface area contributed by atoms with Gasteiger partial charge >= 0.3 is 0 Å². The van der Waals surface area contributed by atoms with Crippen molar-refractivity contribution in [3.8, 4) is 6.07 Å². The zero-order chi connectivity index (χ0) is 13.5. The van der Waals surface area contributed by atoms with Gasteiger partial charge in [0.1, 0.15) is 11.6 Å². The van der Waals surface area contributed by atoms with Crippen LogP contribution >= 0.6 is 0 Å². The standard InChI is InChI=1S/C13H19N3O2/c1-10(2)12-4-3-11(9-15)13(17)16(12)6-8-18-7-5-14/h3-4,10H,5-8,14H2,1-2H3. The topological polar surface area (TPSA) is 81.0 Å². The third-order valence-corrected chi connectivity index (χ3v) is 2.64. The summed E-state index contributed by atoms with van der Waals surface area (Å²) in [6.45, 7) is 5.83. The minimum Gasteiger partial charge on any atom is -0.378 e. The van der Waals surface area contributed by atoms with Crippen LogP contribution in [0.15, 0.2) is 16.9 Å². The predicted molar refractivity (Wildman–Crippen MR) is 69.4 cm³/mol. The third kappa shape index (κ3) is 3.42. The highest BCUT2D eigenvalue weighted by molar-refractivity contribution is 5.28. The molecule has 0 radical (unpaired) electrons. The Morgan fingerprint density at radius 2 is 2.17 bits per heavy atom. The van der Waals surface area contributed by atoms with Crippen molar-refractivity contribution in [2.75, 3.05) is 19.8 Å². The zero-order valence-corrected chi connectivity index (χ0v) is 10.8. The van der Waals surface area contributed by atoms with Crippen LogP contribution in [0.2, 0.25) is 0 Å². The molecule has 0 aliphatic carbocycles. The molecule has 1 aromatic rings. The van der Waals surface area contributed by atoms with E-state index in [0.717, 1.165) is 5.69 Å². The summed E-state index contributed by atoms with van der Waals surface area (Å²) >= 11 is 0. The fourth-order valence-corrected chi connectivity index (χ4v) is 1.75. The van der Waals surface area contributed by atoms with E-state index in [0.29, 0.717) is 26.3 Å². The van der Waals surface area contributed by atoms with E-state index in [1.807, 2.05) is 26.0 Å². The van der Waals surface area contributed by atoms with Gasteiger partial charge < -0.3 is 15.0 Å². The summed E-state index contributed by atoms with van der Waals surface area (Å²) in [4.78, 5) is 12.0. The van der Waals surface area contributed by atoms with Crippen LogP contribution in [0, 0.1) is 11.3 Å². The van der Waals surface area contributed by atoms with Gasteiger partial charge in [-0.15, -0.1) is 0 Å². The fraction of sp³-hybridized carbons (Fsp3) is 0.538. The van der Waals surface area contributed by atoms with Crippen LogP contribution in [-0.2, 0) is 11.3 Å². The van der Waals surface area contributed by atoms with Crippen LogP contribution in [-0.4, -0.2) is 24.3 Å². The Hall–Kier alpha value is -1.64. The molecule has 5 nitrogen and oxygen atoms in total. The summed E-state index contributed by atoms with van der Waals surface area (Å²) in [5, 5.41) is 8.87. The largest absolute Gasteiger partial charge is 0.378 e. The molecule has 0 saturated carbocycles. The number of nitriles is 1. The maximum atomic E-state index is 12.0. The van der Waals surface area contributed by atoms with Crippen molar-refractivity contribution in [3.63, 3.8) is 0 Å². The number of ether oxygens (including phenoxy) is 1. The maximum Gasteiger partial charge on any atom is 0.268 e. The summed E-state index contributed by atoms with van der Waals surface area (Å²) in [5.74, 6) is 0.222. The van der Waals surface area contributed by atoms with E-state index >= 15 is 0 Å². The molecule has 18 heavy (non-hydrogen) atoms. The first-order valence-electron chi connectivity index (χ1n) is 6.03. The molecule has 0 saturated heterocycles. The molecule has 0 aliphatic heterocycles. The van der Waals surface area contributed by atoms with E-state index in [1.54, 1.807) is 10.6 Å². The number of hydrogen-bond donors (Lipinski definition) is 1. The Morgan fingerprint density at radius 1 is 1.44 bits per heavy atom. The zero-order valence-electron chi connectivity index (χ0n) is 10.8. The lowest BCUT2D eigenvalue weighted by Gasteiger charge is -2.15. The highest BCUT2D eigenvalue weighted by Gasteiger charge is 2.10. The van der Waals surface area contributed by atoms with Gasteiger partial charge in [0.2, 0.25) is 0 Å². The molecular weight excluding hydrogens is 230 g/mol. The molecule has 1 aromatic heterocycles. The van der Waals surface area contributed by atoms with Gasteiger partial charge in [0, 0.05) is 18.8 Å². The minimum atomic E-state index is -0.250. The highest BCUT2D eigenvalue weighted by atomic mass is 16.5. The molecule has 0 bridgehead atoms. The first-order chi connectivity index (χ1) is 8.61. The van der Waals surface area contributed by atoms with Gasteiger partial charge in [0.05, 0.1) is 13.2 Å². The average molecular weight is 249 g/mol. The second-order valence-electron chi connectivity index (χ2n) is 4.30. The Kier molecular flexibility index (Phi) is 5.56. The summed E-state index contributed by atoms with van der Waals surface area (Å²) < 4.78 is 6.89. The second kappa shape index (κ2) is 6.94. The number of hydrogen-bond acceptors (Lipinski definition) is 4. The van der Waals surface area contributed by atoms with Crippen LogP contribution < -0.4 is 11.3 Å². The molecule has 0 aromatic carbocycles. The molecule has 0 unspecified atom stereocenters. The lowest BCUT2D eigenvalue weighted by molar-refractivity contribution is 0.131. The molecule has 0 fully saturated rings. The Morgan fingerprint density at radius 3 is 2.72 bits per heavy atom. The normalized spacial score (nSPS) is 10.6. The lowest BCUT2D eigenvalue weighted by atomic mass is 10.1. The molecular formula is C13H19N3O2. The first-order valence-corrected chi connectivity index (χ1v) is 6.03. The van der Waals surface area contributed by atoms with Crippen LogP contribution in [0.1, 0.15) is 31.0 Å². The third-order valence-electron chi connectivity index (χ3n) is 2.64. The monoisotopic (exact) mass is 249 g/mol. The molecule has 2 N–H and O–H groups in total.